The summed E-state index contributed by atoms with van der Waals surface area (Å²) in [6.07, 6.45) is 1.90. The maximum absolute atomic E-state index is 13.1. The second-order valence-electron chi connectivity index (χ2n) is 10.8. The van der Waals surface area contributed by atoms with Gasteiger partial charge in [-0.05, 0) is 69.1 Å². The van der Waals surface area contributed by atoms with Crippen molar-refractivity contribution in [3.63, 3.8) is 0 Å². The van der Waals surface area contributed by atoms with Crippen molar-refractivity contribution in [1.29, 1.82) is 0 Å². The first-order valence-electron chi connectivity index (χ1n) is 10.6. The first kappa shape index (κ1) is 27.3. The summed E-state index contributed by atoms with van der Waals surface area (Å²) in [7, 11) is 1.39. The summed E-state index contributed by atoms with van der Waals surface area (Å²) < 4.78 is 21.0. The van der Waals surface area contributed by atoms with Crippen LogP contribution in [0, 0.1) is 17.3 Å². The molecule has 3 atom stereocenters. The lowest BCUT2D eigenvalue weighted by Gasteiger charge is -2.41. The summed E-state index contributed by atoms with van der Waals surface area (Å²) in [6, 6.07) is 5.93. The van der Waals surface area contributed by atoms with Crippen LogP contribution in [0.25, 0.3) is 0 Å². The molecule has 0 fully saturated rings. The van der Waals surface area contributed by atoms with Crippen molar-refractivity contribution in [1.82, 2.24) is 4.72 Å². The van der Waals surface area contributed by atoms with Crippen LogP contribution in [0.5, 0.6) is 0 Å². The van der Waals surface area contributed by atoms with Gasteiger partial charge in [0.15, 0.2) is 0 Å². The molecule has 0 aliphatic rings. The van der Waals surface area contributed by atoms with Gasteiger partial charge < -0.3 is 9.29 Å². The Morgan fingerprint density at radius 2 is 1.73 bits per heavy atom. The maximum Gasteiger partial charge on any atom is 0.311 e. The summed E-state index contributed by atoms with van der Waals surface area (Å²) in [5.74, 6) is -0.907. The van der Waals surface area contributed by atoms with Crippen molar-refractivity contribution < 1.29 is 14.1 Å². The Morgan fingerprint density at radius 1 is 1.17 bits per heavy atom. The fourth-order valence-electron chi connectivity index (χ4n) is 3.53. The second kappa shape index (κ2) is 10.2. The predicted octanol–water partition coefficient (Wildman–Crippen LogP) is 6.03. The number of aryl methyl sites for hydroxylation is 1. The number of rotatable bonds is 8. The lowest BCUT2D eigenvalue weighted by atomic mass is 9.74. The fraction of sp³-hybridized carbons (Fsp3) is 0.708. The molecule has 0 heterocycles. The van der Waals surface area contributed by atoms with Crippen molar-refractivity contribution in [3.05, 3.63) is 34.3 Å². The molecule has 0 amide bonds. The summed E-state index contributed by atoms with van der Waals surface area (Å²) in [5.41, 5.74) is 1.21. The Bertz CT molecular complexity index is 724. The minimum atomic E-state index is -1.39. The zero-order valence-electron chi connectivity index (χ0n) is 20.3. The third kappa shape index (κ3) is 7.15. The standard InChI is InChI=1S/C24H40ClNO3S/c1-16(2)20(21(27)29-10)24(9,26-30(28)23(6,7)8)18-12-11-17(19(25)15-18)13-14-22(3,4)5/h11-12,15-16,20,26H,13-14H2,1-10H3/t20-,24-,30+/m1/s1. The van der Waals surface area contributed by atoms with E-state index < -0.39 is 27.6 Å². The molecule has 1 aromatic rings. The van der Waals surface area contributed by atoms with E-state index in [0.717, 1.165) is 24.0 Å². The Hall–Kier alpha value is -0.750. The largest absolute Gasteiger partial charge is 0.598 e. The van der Waals surface area contributed by atoms with E-state index in [4.69, 9.17) is 16.3 Å². The average Bonchev–Trinajstić information content (AvgIpc) is 2.58. The minimum absolute atomic E-state index is 0.0359. The van der Waals surface area contributed by atoms with Crippen molar-refractivity contribution in [2.24, 2.45) is 17.3 Å². The maximum atomic E-state index is 13.1. The van der Waals surface area contributed by atoms with Gasteiger partial charge in [-0.15, -0.1) is 4.72 Å². The minimum Gasteiger partial charge on any atom is -0.598 e. The smallest absolute Gasteiger partial charge is 0.311 e. The fourth-order valence-corrected chi connectivity index (χ4v) is 4.74. The number of esters is 1. The highest BCUT2D eigenvalue weighted by Crippen LogP contribution is 2.39. The molecular formula is C24H40ClNO3S. The van der Waals surface area contributed by atoms with E-state index >= 15 is 0 Å². The van der Waals surface area contributed by atoms with Crippen LogP contribution in [0.4, 0.5) is 0 Å². The predicted molar refractivity (Wildman–Crippen MR) is 128 cm³/mol. The lowest BCUT2D eigenvalue weighted by Crippen LogP contribution is -2.56. The first-order chi connectivity index (χ1) is 13.5. The van der Waals surface area contributed by atoms with E-state index in [1.807, 2.05) is 59.7 Å². The molecule has 0 aliphatic carbocycles. The molecule has 1 rings (SSSR count). The summed E-state index contributed by atoms with van der Waals surface area (Å²) >= 11 is 5.28. The van der Waals surface area contributed by atoms with E-state index in [0.29, 0.717) is 5.02 Å². The van der Waals surface area contributed by atoms with Gasteiger partial charge in [0.1, 0.15) is 4.75 Å². The molecular weight excluding hydrogens is 418 g/mol. The van der Waals surface area contributed by atoms with Crippen LogP contribution >= 0.6 is 11.6 Å². The molecule has 0 aromatic heterocycles. The number of benzene rings is 1. The monoisotopic (exact) mass is 457 g/mol. The first-order valence-corrected chi connectivity index (χ1v) is 12.1. The van der Waals surface area contributed by atoms with Gasteiger partial charge in [0, 0.05) is 16.4 Å². The Labute approximate surface area is 191 Å². The molecule has 0 saturated carbocycles. The molecule has 172 valence electrons. The van der Waals surface area contributed by atoms with Crippen LogP contribution in [0.1, 0.15) is 79.9 Å². The van der Waals surface area contributed by atoms with Gasteiger partial charge in [-0.1, -0.05) is 58.4 Å². The molecule has 4 nitrogen and oxygen atoms in total. The molecule has 1 N–H and O–H groups in total. The van der Waals surface area contributed by atoms with E-state index in [-0.39, 0.29) is 17.3 Å². The number of carbonyl (C=O) groups is 1. The molecule has 1 aromatic carbocycles. The second-order valence-corrected chi connectivity index (χ2v) is 13.2. The molecule has 0 unspecified atom stereocenters. The number of halogens is 1. The number of hydrogen-bond donors (Lipinski definition) is 1. The van der Waals surface area contributed by atoms with Crippen molar-refractivity contribution >= 4 is 28.9 Å². The number of nitrogens with one attached hydrogen (secondary N) is 1. The van der Waals surface area contributed by atoms with Crippen LogP contribution < -0.4 is 4.72 Å². The van der Waals surface area contributed by atoms with Gasteiger partial charge in [-0.2, -0.15) is 0 Å². The van der Waals surface area contributed by atoms with Gasteiger partial charge in [0.2, 0.25) is 0 Å². The average molecular weight is 458 g/mol. The van der Waals surface area contributed by atoms with Gasteiger partial charge in [-0.25, -0.2) is 0 Å². The van der Waals surface area contributed by atoms with Crippen LogP contribution in [-0.2, 0) is 32.9 Å². The van der Waals surface area contributed by atoms with E-state index in [1.54, 1.807) is 0 Å². The Balaban J connectivity index is 3.47. The lowest BCUT2D eigenvalue weighted by molar-refractivity contribution is -0.150. The number of ether oxygens (including phenoxy) is 1. The summed E-state index contributed by atoms with van der Waals surface area (Å²) in [4.78, 5) is 12.8. The quantitative estimate of drug-likeness (QED) is 0.382. The Morgan fingerprint density at radius 3 is 2.13 bits per heavy atom. The Kier molecular flexibility index (Phi) is 9.32. The van der Waals surface area contributed by atoms with Crippen LogP contribution in [0.3, 0.4) is 0 Å². The zero-order chi connectivity index (χ0) is 23.5. The van der Waals surface area contributed by atoms with Crippen LogP contribution in [0.2, 0.25) is 5.02 Å². The third-order valence-corrected chi connectivity index (χ3v) is 7.48. The third-order valence-electron chi connectivity index (χ3n) is 5.40. The highest BCUT2D eigenvalue weighted by atomic mass is 35.5. The van der Waals surface area contributed by atoms with Crippen LogP contribution in [0.15, 0.2) is 18.2 Å². The van der Waals surface area contributed by atoms with Gasteiger partial charge in [0.25, 0.3) is 0 Å². The van der Waals surface area contributed by atoms with Crippen molar-refractivity contribution in [2.75, 3.05) is 7.11 Å². The van der Waals surface area contributed by atoms with Gasteiger partial charge in [-0.3, -0.25) is 4.79 Å². The summed E-state index contributed by atoms with van der Waals surface area (Å²) in [6.45, 7) is 18.2. The van der Waals surface area contributed by atoms with E-state index in [1.165, 1.54) is 7.11 Å². The molecule has 0 spiro atoms. The molecule has 0 aliphatic heterocycles. The van der Waals surface area contributed by atoms with Gasteiger partial charge in [0.05, 0.1) is 18.6 Å². The molecule has 0 radical (unpaired) electrons. The highest BCUT2D eigenvalue weighted by molar-refractivity contribution is 7.90. The number of methoxy groups -OCH3 is 1. The number of carbonyl (C=O) groups excluding carboxylic acids is 1. The molecule has 6 heteroatoms. The van der Waals surface area contributed by atoms with Crippen LogP contribution in [-0.4, -0.2) is 22.4 Å². The van der Waals surface area contributed by atoms with Crippen molar-refractivity contribution in [2.45, 2.75) is 85.4 Å². The molecule has 30 heavy (non-hydrogen) atoms. The van der Waals surface area contributed by atoms with Crippen molar-refractivity contribution in [3.8, 4) is 0 Å². The van der Waals surface area contributed by atoms with E-state index in [9.17, 15) is 9.35 Å². The number of hydrogen-bond acceptors (Lipinski definition) is 4. The van der Waals surface area contributed by atoms with E-state index in [2.05, 4.69) is 25.5 Å². The van der Waals surface area contributed by atoms with Gasteiger partial charge >= 0.3 is 5.97 Å². The zero-order valence-corrected chi connectivity index (χ0v) is 21.9. The highest BCUT2D eigenvalue weighted by Gasteiger charge is 2.48. The topological polar surface area (TPSA) is 61.4 Å². The normalized spacial score (nSPS) is 16.8. The SMILES string of the molecule is COC(=O)[C@@H](C(C)C)[C@](C)(N[S@@+]([O-])C(C)(C)C)c1ccc(CCC(C)(C)C)c(Cl)c1. The molecule has 0 bridgehead atoms. The summed E-state index contributed by atoms with van der Waals surface area (Å²) in [5, 5.41) is 0.665. The molecule has 0 saturated heterocycles.